The van der Waals surface area contributed by atoms with Crippen molar-refractivity contribution >= 4 is 17.4 Å². The summed E-state index contributed by atoms with van der Waals surface area (Å²) in [5, 5.41) is 0. The van der Waals surface area contributed by atoms with E-state index < -0.39 is 0 Å². The highest BCUT2D eigenvalue weighted by molar-refractivity contribution is 7.97. The molecule has 4 heteroatoms. The van der Waals surface area contributed by atoms with Crippen LogP contribution in [0.1, 0.15) is 17.0 Å². The Morgan fingerprint density at radius 1 is 1.14 bits per heavy atom. The molecule has 0 bridgehead atoms. The third kappa shape index (κ3) is 2.90. The minimum absolute atomic E-state index is 0.560. The summed E-state index contributed by atoms with van der Waals surface area (Å²) < 4.78 is 8.09. The van der Waals surface area contributed by atoms with Crippen LogP contribution in [0.25, 0.3) is 5.65 Å². The molecule has 0 aliphatic heterocycles. The molecule has 0 N–H and O–H groups in total. The second kappa shape index (κ2) is 6.22. The second-order valence-electron chi connectivity index (χ2n) is 4.92. The Kier molecular flexibility index (Phi) is 4.15. The number of benzene rings is 1. The lowest BCUT2D eigenvalue weighted by Gasteiger charge is -2.08. The van der Waals surface area contributed by atoms with Crippen molar-refractivity contribution in [2.75, 3.05) is 6.26 Å². The van der Waals surface area contributed by atoms with Gasteiger partial charge in [0.1, 0.15) is 6.61 Å². The zero-order valence-corrected chi connectivity index (χ0v) is 13.1. The number of ether oxygens (including phenoxy) is 1. The van der Waals surface area contributed by atoms with Gasteiger partial charge in [-0.2, -0.15) is 11.8 Å². The van der Waals surface area contributed by atoms with Crippen LogP contribution in [-0.2, 0) is 12.4 Å². The molecule has 0 fully saturated rings. The summed E-state index contributed by atoms with van der Waals surface area (Å²) in [6, 6.07) is 14.2. The Hall–Kier alpha value is -1.94. The van der Waals surface area contributed by atoms with Crippen LogP contribution >= 0.6 is 11.8 Å². The minimum Gasteiger partial charge on any atom is -0.485 e. The van der Waals surface area contributed by atoms with E-state index in [1.54, 1.807) is 11.8 Å². The third-order valence-electron chi connectivity index (χ3n) is 3.43. The zero-order chi connectivity index (χ0) is 14.7. The van der Waals surface area contributed by atoms with Crippen LogP contribution in [0.5, 0.6) is 5.75 Å². The molecular formula is C17H18N2OS. The molecular weight excluding hydrogens is 280 g/mol. The van der Waals surface area contributed by atoms with Crippen molar-refractivity contribution in [3.8, 4) is 5.75 Å². The monoisotopic (exact) mass is 298 g/mol. The fourth-order valence-corrected chi connectivity index (χ4v) is 2.98. The highest BCUT2D eigenvalue weighted by Crippen LogP contribution is 2.24. The molecule has 0 radical (unpaired) electrons. The zero-order valence-electron chi connectivity index (χ0n) is 12.2. The minimum atomic E-state index is 0.560. The average molecular weight is 298 g/mol. The molecule has 3 nitrogen and oxygen atoms in total. The second-order valence-corrected chi connectivity index (χ2v) is 5.78. The maximum atomic E-state index is 5.96. The van der Waals surface area contributed by atoms with Crippen molar-refractivity contribution in [3.63, 3.8) is 0 Å². The summed E-state index contributed by atoms with van der Waals surface area (Å²) in [6.45, 7) is 2.61. The molecule has 21 heavy (non-hydrogen) atoms. The topological polar surface area (TPSA) is 26.5 Å². The highest BCUT2D eigenvalue weighted by atomic mass is 32.2. The van der Waals surface area contributed by atoms with E-state index >= 15 is 0 Å². The van der Waals surface area contributed by atoms with Gasteiger partial charge in [-0.25, -0.2) is 4.98 Å². The van der Waals surface area contributed by atoms with Crippen molar-refractivity contribution in [3.05, 3.63) is 65.6 Å². The molecule has 3 aromatic rings. The van der Waals surface area contributed by atoms with Crippen molar-refractivity contribution in [2.45, 2.75) is 19.3 Å². The van der Waals surface area contributed by atoms with Crippen LogP contribution in [0.4, 0.5) is 0 Å². The Morgan fingerprint density at radius 2 is 1.95 bits per heavy atom. The maximum Gasteiger partial charge on any atom is 0.180 e. The van der Waals surface area contributed by atoms with Gasteiger partial charge in [0.25, 0.3) is 0 Å². The SMILES string of the molecule is CSCc1c(C)nc2c(OCc3ccccc3)cccn12. The maximum absolute atomic E-state index is 5.96. The van der Waals surface area contributed by atoms with Crippen LogP contribution in [0.2, 0.25) is 0 Å². The molecule has 0 spiro atoms. The fraction of sp³-hybridized carbons (Fsp3) is 0.235. The third-order valence-corrected chi connectivity index (χ3v) is 3.99. The van der Waals surface area contributed by atoms with E-state index in [1.165, 1.54) is 5.69 Å². The summed E-state index contributed by atoms with van der Waals surface area (Å²) in [5.74, 6) is 1.78. The normalized spacial score (nSPS) is 11.0. The van der Waals surface area contributed by atoms with Gasteiger partial charge >= 0.3 is 0 Å². The first-order valence-corrected chi connectivity index (χ1v) is 8.31. The van der Waals surface area contributed by atoms with Crippen LogP contribution in [-0.4, -0.2) is 15.6 Å². The van der Waals surface area contributed by atoms with Crippen molar-refractivity contribution in [2.24, 2.45) is 0 Å². The summed E-state index contributed by atoms with van der Waals surface area (Å²) in [4.78, 5) is 4.67. The Labute approximate surface area is 129 Å². The van der Waals surface area contributed by atoms with Crippen LogP contribution in [0.3, 0.4) is 0 Å². The van der Waals surface area contributed by atoms with Gasteiger partial charge in [0.2, 0.25) is 0 Å². The lowest BCUT2D eigenvalue weighted by atomic mass is 10.2. The lowest BCUT2D eigenvalue weighted by Crippen LogP contribution is -1.98. The van der Waals surface area contributed by atoms with Gasteiger partial charge in [0.05, 0.1) is 11.4 Å². The summed E-state index contributed by atoms with van der Waals surface area (Å²) >= 11 is 1.80. The van der Waals surface area contributed by atoms with Crippen molar-refractivity contribution in [1.82, 2.24) is 9.38 Å². The Bertz CT molecular complexity index is 737. The number of pyridine rings is 1. The summed E-state index contributed by atoms with van der Waals surface area (Å²) in [7, 11) is 0. The molecule has 1 aromatic carbocycles. The first-order chi connectivity index (χ1) is 10.3. The van der Waals surface area contributed by atoms with E-state index in [0.29, 0.717) is 6.61 Å². The van der Waals surface area contributed by atoms with Gasteiger partial charge in [0, 0.05) is 11.9 Å². The largest absolute Gasteiger partial charge is 0.485 e. The quantitative estimate of drug-likeness (QED) is 0.710. The van der Waals surface area contributed by atoms with Crippen LogP contribution in [0.15, 0.2) is 48.7 Å². The van der Waals surface area contributed by atoms with Crippen molar-refractivity contribution < 1.29 is 4.74 Å². The van der Waals surface area contributed by atoms with E-state index in [9.17, 15) is 0 Å². The van der Waals surface area contributed by atoms with Gasteiger partial charge in [0.15, 0.2) is 11.4 Å². The van der Waals surface area contributed by atoms with E-state index in [1.807, 2.05) is 30.3 Å². The number of hydrogen-bond donors (Lipinski definition) is 0. The molecule has 0 aliphatic carbocycles. The Balaban J connectivity index is 1.90. The molecule has 0 saturated heterocycles. The Morgan fingerprint density at radius 3 is 2.71 bits per heavy atom. The predicted molar refractivity (Wildman–Crippen MR) is 87.9 cm³/mol. The van der Waals surface area contributed by atoms with Crippen LogP contribution in [0, 0.1) is 6.92 Å². The van der Waals surface area contributed by atoms with E-state index in [0.717, 1.165) is 28.4 Å². The van der Waals surface area contributed by atoms with Gasteiger partial charge < -0.3 is 4.74 Å². The lowest BCUT2D eigenvalue weighted by molar-refractivity contribution is 0.308. The number of aryl methyl sites for hydroxylation is 1. The van der Waals surface area contributed by atoms with Gasteiger partial charge in [-0.3, -0.25) is 4.40 Å². The number of aromatic nitrogens is 2. The van der Waals surface area contributed by atoms with E-state index in [4.69, 9.17) is 4.74 Å². The molecule has 3 rings (SSSR count). The molecule has 0 atom stereocenters. The van der Waals surface area contributed by atoms with Gasteiger partial charge in [-0.15, -0.1) is 0 Å². The molecule has 0 aliphatic rings. The van der Waals surface area contributed by atoms with E-state index in [-0.39, 0.29) is 0 Å². The number of rotatable bonds is 5. The van der Waals surface area contributed by atoms with E-state index in [2.05, 4.69) is 40.9 Å². The number of imidazole rings is 1. The molecule has 2 heterocycles. The number of thioether (sulfide) groups is 1. The summed E-state index contributed by atoms with van der Waals surface area (Å²) in [5.41, 5.74) is 4.37. The van der Waals surface area contributed by atoms with Gasteiger partial charge in [-0.05, 0) is 30.9 Å². The number of nitrogens with zero attached hydrogens (tertiary/aromatic N) is 2. The average Bonchev–Trinajstić information content (AvgIpc) is 2.83. The molecule has 0 unspecified atom stereocenters. The number of hydrogen-bond acceptors (Lipinski definition) is 3. The molecule has 2 aromatic heterocycles. The van der Waals surface area contributed by atoms with Crippen molar-refractivity contribution in [1.29, 1.82) is 0 Å². The fourth-order valence-electron chi connectivity index (χ4n) is 2.36. The smallest absolute Gasteiger partial charge is 0.180 e. The first-order valence-electron chi connectivity index (χ1n) is 6.92. The standard InChI is InChI=1S/C17H18N2OS/c1-13-15(12-21-2)19-10-6-9-16(17(19)18-13)20-11-14-7-4-3-5-8-14/h3-10H,11-12H2,1-2H3. The highest BCUT2D eigenvalue weighted by Gasteiger charge is 2.12. The van der Waals surface area contributed by atoms with Crippen LogP contribution < -0.4 is 4.74 Å². The number of fused-ring (bicyclic) bond motifs is 1. The molecule has 0 saturated carbocycles. The van der Waals surface area contributed by atoms with Gasteiger partial charge in [-0.1, -0.05) is 30.3 Å². The first kappa shape index (κ1) is 14.0. The summed E-state index contributed by atoms with van der Waals surface area (Å²) in [6.07, 6.45) is 4.16. The predicted octanol–water partition coefficient (Wildman–Crippen LogP) is 4.08. The molecule has 108 valence electrons. The molecule has 0 amide bonds.